The summed E-state index contributed by atoms with van der Waals surface area (Å²) in [5, 5.41) is 1.46. The maximum atomic E-state index is 12.7. The van der Waals surface area contributed by atoms with Gasteiger partial charge in [0.2, 0.25) is 0 Å². The Kier molecular flexibility index (Phi) is 4.17. The first-order valence-electron chi connectivity index (χ1n) is 8.24. The molecule has 1 amide bonds. The minimum atomic E-state index is -0.408. The highest BCUT2D eigenvalue weighted by Gasteiger charge is 2.26. The fourth-order valence-corrected chi connectivity index (χ4v) is 3.45. The van der Waals surface area contributed by atoms with E-state index in [2.05, 4.69) is 0 Å². The third-order valence-corrected chi connectivity index (χ3v) is 4.94. The number of hydrogen-bond acceptors (Lipinski definition) is 4. The Balaban J connectivity index is 1.70. The number of halogens is 1. The van der Waals surface area contributed by atoms with E-state index in [0.29, 0.717) is 40.4 Å². The molecule has 0 saturated carbocycles. The quantitative estimate of drug-likeness (QED) is 0.647. The van der Waals surface area contributed by atoms with Crippen molar-refractivity contribution >= 4 is 28.5 Å². The maximum Gasteiger partial charge on any atom is 0.341 e. The summed E-state index contributed by atoms with van der Waals surface area (Å²) in [6, 6.07) is 12.2. The summed E-state index contributed by atoms with van der Waals surface area (Å²) in [6.45, 7) is 0.778. The molecule has 0 saturated heterocycles. The van der Waals surface area contributed by atoms with Crippen LogP contribution in [-0.2, 0) is 13.0 Å². The Bertz CT molecular complexity index is 1060. The third-order valence-electron chi connectivity index (χ3n) is 4.69. The zero-order valence-corrected chi connectivity index (χ0v) is 14.9. The molecule has 132 valence electrons. The predicted molar refractivity (Wildman–Crippen MR) is 98.9 cm³/mol. The Hall–Kier alpha value is -2.79. The van der Waals surface area contributed by atoms with E-state index in [-0.39, 0.29) is 12.5 Å². The van der Waals surface area contributed by atoms with Crippen LogP contribution in [0.1, 0.15) is 21.5 Å². The third kappa shape index (κ3) is 2.84. The van der Waals surface area contributed by atoms with Crippen LogP contribution in [0.4, 0.5) is 0 Å². The number of fused-ring (bicyclic) bond motifs is 3. The number of benzene rings is 2. The molecule has 3 aromatic rings. The van der Waals surface area contributed by atoms with Crippen molar-refractivity contribution in [2.45, 2.75) is 13.0 Å². The summed E-state index contributed by atoms with van der Waals surface area (Å²) in [7, 11) is 1.57. The van der Waals surface area contributed by atoms with Gasteiger partial charge >= 0.3 is 5.63 Å². The summed E-state index contributed by atoms with van der Waals surface area (Å²) in [5.74, 6) is 0.512. The minimum absolute atomic E-state index is 0.124. The summed E-state index contributed by atoms with van der Waals surface area (Å²) >= 11 is 5.88. The highest BCUT2D eigenvalue weighted by Crippen LogP contribution is 2.28. The summed E-state index contributed by atoms with van der Waals surface area (Å²) < 4.78 is 10.6. The van der Waals surface area contributed by atoms with Crippen molar-refractivity contribution in [2.24, 2.45) is 0 Å². The average molecular weight is 370 g/mol. The molecule has 2 heterocycles. The molecule has 0 aliphatic carbocycles. The highest BCUT2D eigenvalue weighted by molar-refractivity contribution is 6.30. The smallest absolute Gasteiger partial charge is 0.341 e. The van der Waals surface area contributed by atoms with E-state index in [4.69, 9.17) is 20.8 Å². The lowest BCUT2D eigenvalue weighted by molar-refractivity contribution is 0.0733. The van der Waals surface area contributed by atoms with Crippen LogP contribution in [0.2, 0.25) is 5.02 Å². The Morgan fingerprint density at radius 1 is 1.15 bits per heavy atom. The van der Waals surface area contributed by atoms with Gasteiger partial charge in [-0.15, -0.1) is 0 Å². The van der Waals surface area contributed by atoms with Crippen LogP contribution in [0.25, 0.3) is 11.0 Å². The van der Waals surface area contributed by atoms with Crippen LogP contribution in [-0.4, -0.2) is 24.5 Å². The van der Waals surface area contributed by atoms with Gasteiger partial charge < -0.3 is 14.1 Å². The molecule has 1 aliphatic heterocycles. The largest absolute Gasteiger partial charge is 0.497 e. The lowest BCUT2D eigenvalue weighted by Gasteiger charge is -2.28. The van der Waals surface area contributed by atoms with Crippen molar-refractivity contribution in [1.29, 1.82) is 0 Å². The maximum absolute atomic E-state index is 12.7. The zero-order chi connectivity index (χ0) is 18.3. The van der Waals surface area contributed by atoms with E-state index in [1.54, 1.807) is 42.3 Å². The molecule has 5 nitrogen and oxygen atoms in total. The summed E-state index contributed by atoms with van der Waals surface area (Å²) in [5.41, 5.74) is 2.13. The van der Waals surface area contributed by atoms with Crippen molar-refractivity contribution in [3.8, 4) is 5.75 Å². The monoisotopic (exact) mass is 369 g/mol. The van der Waals surface area contributed by atoms with E-state index >= 15 is 0 Å². The lowest BCUT2D eigenvalue weighted by atomic mass is 9.97. The van der Waals surface area contributed by atoms with E-state index in [1.807, 2.05) is 12.1 Å². The highest BCUT2D eigenvalue weighted by atomic mass is 35.5. The molecule has 0 N–H and O–H groups in total. The number of hydrogen-bond donors (Lipinski definition) is 0. The van der Waals surface area contributed by atoms with E-state index in [9.17, 15) is 9.59 Å². The summed E-state index contributed by atoms with van der Waals surface area (Å²) in [6.07, 6.45) is 0.600. The zero-order valence-electron chi connectivity index (χ0n) is 14.1. The van der Waals surface area contributed by atoms with Crippen molar-refractivity contribution in [3.63, 3.8) is 0 Å². The number of ether oxygens (including phenoxy) is 1. The van der Waals surface area contributed by atoms with Gasteiger partial charge in [-0.1, -0.05) is 11.6 Å². The van der Waals surface area contributed by atoms with Crippen LogP contribution in [0.3, 0.4) is 0 Å². The van der Waals surface area contributed by atoms with Crippen LogP contribution < -0.4 is 10.4 Å². The molecule has 0 fully saturated rings. The molecule has 2 aromatic carbocycles. The van der Waals surface area contributed by atoms with Crippen LogP contribution in [0.5, 0.6) is 5.75 Å². The van der Waals surface area contributed by atoms with Crippen LogP contribution in [0.15, 0.2) is 51.7 Å². The van der Waals surface area contributed by atoms with E-state index < -0.39 is 5.63 Å². The fourth-order valence-electron chi connectivity index (χ4n) is 3.32. The standard InChI is InChI=1S/C20H16ClNO4/c1-25-14-6-7-16-15-8-9-22(11-17(15)20(24)26-18(16)10-14)19(23)12-2-4-13(21)5-3-12/h2-7,10H,8-9,11H2,1H3. The average Bonchev–Trinajstić information content (AvgIpc) is 2.67. The van der Waals surface area contributed by atoms with Crippen molar-refractivity contribution in [1.82, 2.24) is 4.90 Å². The minimum Gasteiger partial charge on any atom is -0.497 e. The van der Waals surface area contributed by atoms with Gasteiger partial charge in [-0.25, -0.2) is 4.79 Å². The number of nitrogens with zero attached hydrogens (tertiary/aromatic N) is 1. The SMILES string of the molecule is COc1ccc2c3c(c(=O)oc2c1)CN(C(=O)c1ccc(Cl)cc1)CC3. The molecule has 0 unspecified atom stereocenters. The number of carbonyl (C=O) groups is 1. The molecular formula is C20H16ClNO4. The second-order valence-electron chi connectivity index (χ2n) is 6.19. The summed E-state index contributed by atoms with van der Waals surface area (Å²) in [4.78, 5) is 26.8. The lowest BCUT2D eigenvalue weighted by Crippen LogP contribution is -2.38. The first-order chi connectivity index (χ1) is 12.6. The second-order valence-corrected chi connectivity index (χ2v) is 6.63. The van der Waals surface area contributed by atoms with E-state index in [1.165, 1.54) is 0 Å². The molecule has 1 aromatic heterocycles. The number of rotatable bonds is 2. The number of amides is 1. The van der Waals surface area contributed by atoms with Gasteiger partial charge in [0.1, 0.15) is 11.3 Å². The number of methoxy groups -OCH3 is 1. The van der Waals surface area contributed by atoms with Crippen LogP contribution in [0, 0.1) is 0 Å². The van der Waals surface area contributed by atoms with Crippen molar-refractivity contribution in [3.05, 3.63) is 74.6 Å². The Morgan fingerprint density at radius 2 is 1.92 bits per heavy atom. The molecule has 26 heavy (non-hydrogen) atoms. The van der Waals surface area contributed by atoms with Crippen molar-refractivity contribution < 1.29 is 13.9 Å². The fraction of sp³-hybridized carbons (Fsp3) is 0.200. The first kappa shape index (κ1) is 16.7. The van der Waals surface area contributed by atoms with Gasteiger partial charge in [0.15, 0.2) is 0 Å². The van der Waals surface area contributed by atoms with Crippen LogP contribution >= 0.6 is 11.6 Å². The molecule has 0 atom stereocenters. The molecule has 0 bridgehead atoms. The number of carbonyl (C=O) groups excluding carboxylic acids is 1. The second kappa shape index (κ2) is 6.50. The molecule has 6 heteroatoms. The Labute approximate surface area is 154 Å². The van der Waals surface area contributed by atoms with Gasteiger partial charge in [0, 0.05) is 28.6 Å². The first-order valence-corrected chi connectivity index (χ1v) is 8.62. The molecular weight excluding hydrogens is 354 g/mol. The molecule has 0 radical (unpaired) electrons. The van der Waals surface area contributed by atoms with Gasteiger partial charge in [-0.2, -0.15) is 0 Å². The molecule has 1 aliphatic rings. The van der Waals surface area contributed by atoms with Gasteiger partial charge in [-0.05, 0) is 48.4 Å². The molecule has 0 spiro atoms. The van der Waals surface area contributed by atoms with Crippen molar-refractivity contribution in [2.75, 3.05) is 13.7 Å². The molecule has 4 rings (SSSR count). The van der Waals surface area contributed by atoms with Gasteiger partial charge in [0.05, 0.1) is 19.2 Å². The Morgan fingerprint density at radius 3 is 2.65 bits per heavy atom. The topological polar surface area (TPSA) is 59.8 Å². The predicted octanol–water partition coefficient (Wildman–Crippen LogP) is 3.65. The van der Waals surface area contributed by atoms with Gasteiger partial charge in [0.25, 0.3) is 5.91 Å². The normalized spacial score (nSPS) is 13.5. The van der Waals surface area contributed by atoms with Gasteiger partial charge in [-0.3, -0.25) is 4.79 Å². The van der Waals surface area contributed by atoms with E-state index in [0.717, 1.165) is 10.9 Å².